The lowest BCUT2D eigenvalue weighted by Crippen LogP contribution is -1.93. The Balaban J connectivity index is 3.23. The average molecular weight is 132 g/mol. The van der Waals surface area contributed by atoms with Crippen LogP contribution in [0.4, 0.5) is 0 Å². The van der Waals surface area contributed by atoms with Crippen molar-refractivity contribution in [3.63, 3.8) is 0 Å². The van der Waals surface area contributed by atoms with Gasteiger partial charge in [-0.1, -0.05) is 5.92 Å². The normalized spacial score (nSPS) is 8.90. The van der Waals surface area contributed by atoms with E-state index in [9.17, 15) is 0 Å². The summed E-state index contributed by atoms with van der Waals surface area (Å²) in [4.78, 5) is 8.05. The number of rotatable bonds is 0. The Morgan fingerprint density at radius 1 is 1.50 bits per heavy atom. The van der Waals surface area contributed by atoms with E-state index in [1.165, 1.54) is 0 Å². The van der Waals surface area contributed by atoms with Gasteiger partial charge in [-0.3, -0.25) is 0 Å². The van der Waals surface area contributed by atoms with Crippen LogP contribution in [0.15, 0.2) is 6.20 Å². The molecule has 0 fully saturated rings. The molecule has 0 saturated heterocycles. The molecular formula is C8H8N2. The number of aromatic nitrogens is 2. The summed E-state index contributed by atoms with van der Waals surface area (Å²) in [6.45, 7) is 3.72. The van der Waals surface area contributed by atoms with Crippen molar-refractivity contribution in [1.82, 2.24) is 9.97 Å². The van der Waals surface area contributed by atoms with Crippen LogP contribution in [0, 0.1) is 26.2 Å². The lowest BCUT2D eigenvalue weighted by molar-refractivity contribution is 1.00. The molecule has 2 heteroatoms. The topological polar surface area (TPSA) is 25.8 Å². The molecule has 0 unspecified atom stereocenters. The quantitative estimate of drug-likeness (QED) is 0.493. The van der Waals surface area contributed by atoms with Crippen molar-refractivity contribution in [3.05, 3.63) is 23.3 Å². The van der Waals surface area contributed by atoms with Crippen molar-refractivity contribution >= 4 is 0 Å². The van der Waals surface area contributed by atoms with Gasteiger partial charge in [0, 0.05) is 6.20 Å². The molecule has 10 heavy (non-hydrogen) atoms. The predicted octanol–water partition coefficient (Wildman–Crippen LogP) is 1.07. The number of aryl methyl sites for hydroxylation is 2. The van der Waals surface area contributed by atoms with E-state index < -0.39 is 0 Å². The van der Waals surface area contributed by atoms with Crippen molar-refractivity contribution in [2.75, 3.05) is 0 Å². The van der Waals surface area contributed by atoms with Crippen LogP contribution in [0.3, 0.4) is 0 Å². The maximum atomic E-state index is 5.17. The molecule has 0 aromatic carbocycles. The van der Waals surface area contributed by atoms with Gasteiger partial charge < -0.3 is 0 Å². The zero-order chi connectivity index (χ0) is 7.56. The van der Waals surface area contributed by atoms with Gasteiger partial charge in [0.05, 0.1) is 11.3 Å². The fourth-order valence-electron chi connectivity index (χ4n) is 0.725. The van der Waals surface area contributed by atoms with Crippen molar-refractivity contribution in [2.45, 2.75) is 13.8 Å². The Hall–Kier alpha value is -1.36. The highest BCUT2D eigenvalue weighted by Crippen LogP contribution is 1.99. The largest absolute Gasteiger partial charge is 0.240 e. The molecule has 0 N–H and O–H groups in total. The van der Waals surface area contributed by atoms with Gasteiger partial charge in [0.2, 0.25) is 0 Å². The third kappa shape index (κ3) is 1.14. The first-order valence-electron chi connectivity index (χ1n) is 3.01. The maximum absolute atomic E-state index is 5.17. The highest BCUT2D eigenvalue weighted by molar-refractivity contribution is 5.32. The van der Waals surface area contributed by atoms with Gasteiger partial charge in [-0.25, -0.2) is 9.97 Å². The minimum absolute atomic E-state index is 0.761. The summed E-state index contributed by atoms with van der Waals surface area (Å²) in [6, 6.07) is 0. The Labute approximate surface area is 60.3 Å². The molecule has 1 rings (SSSR count). The highest BCUT2D eigenvalue weighted by Gasteiger charge is 1.94. The minimum atomic E-state index is 0.761. The van der Waals surface area contributed by atoms with Crippen LogP contribution in [-0.4, -0.2) is 9.97 Å². The van der Waals surface area contributed by atoms with E-state index in [1.807, 2.05) is 13.8 Å². The van der Waals surface area contributed by atoms with E-state index in [0.717, 1.165) is 17.1 Å². The van der Waals surface area contributed by atoms with E-state index in [-0.39, 0.29) is 0 Å². The van der Waals surface area contributed by atoms with E-state index in [2.05, 4.69) is 15.9 Å². The lowest BCUT2D eigenvalue weighted by atomic mass is 10.2. The molecule has 1 aromatic rings. The fourth-order valence-corrected chi connectivity index (χ4v) is 0.725. The molecule has 0 aliphatic heterocycles. The van der Waals surface area contributed by atoms with Crippen LogP contribution in [0.1, 0.15) is 17.1 Å². The fraction of sp³-hybridized carbons (Fsp3) is 0.250. The molecule has 0 atom stereocenters. The molecule has 1 aromatic heterocycles. The predicted molar refractivity (Wildman–Crippen MR) is 39.4 cm³/mol. The molecule has 0 spiro atoms. The molecule has 50 valence electrons. The smallest absolute Gasteiger partial charge is 0.125 e. The van der Waals surface area contributed by atoms with Gasteiger partial charge >= 0.3 is 0 Å². The second kappa shape index (κ2) is 2.49. The Kier molecular flexibility index (Phi) is 1.68. The van der Waals surface area contributed by atoms with Crippen LogP contribution in [0.5, 0.6) is 0 Å². The molecule has 0 saturated carbocycles. The Bertz CT molecular complexity index is 284. The van der Waals surface area contributed by atoms with Gasteiger partial charge in [-0.2, -0.15) is 0 Å². The summed E-state index contributed by atoms with van der Waals surface area (Å²) in [7, 11) is 0. The standard InChI is InChI=1S/C8H8N2/c1-4-8-5-9-7(3)10-6(8)2/h1,5H,2-3H3. The minimum Gasteiger partial charge on any atom is -0.240 e. The summed E-state index contributed by atoms with van der Waals surface area (Å²) in [5.74, 6) is 3.26. The van der Waals surface area contributed by atoms with Gasteiger partial charge in [0.1, 0.15) is 5.82 Å². The summed E-state index contributed by atoms with van der Waals surface area (Å²) < 4.78 is 0. The van der Waals surface area contributed by atoms with Gasteiger partial charge in [0.15, 0.2) is 0 Å². The van der Waals surface area contributed by atoms with Crippen LogP contribution >= 0.6 is 0 Å². The first-order chi connectivity index (χ1) is 4.74. The van der Waals surface area contributed by atoms with E-state index >= 15 is 0 Å². The number of hydrogen-bond donors (Lipinski definition) is 0. The number of nitrogens with zero attached hydrogens (tertiary/aromatic N) is 2. The van der Waals surface area contributed by atoms with Crippen LogP contribution < -0.4 is 0 Å². The van der Waals surface area contributed by atoms with E-state index in [1.54, 1.807) is 6.20 Å². The van der Waals surface area contributed by atoms with Gasteiger partial charge in [-0.15, -0.1) is 6.42 Å². The number of hydrogen-bond acceptors (Lipinski definition) is 2. The van der Waals surface area contributed by atoms with Crippen LogP contribution in [-0.2, 0) is 0 Å². The zero-order valence-electron chi connectivity index (χ0n) is 6.05. The van der Waals surface area contributed by atoms with Crippen molar-refractivity contribution in [1.29, 1.82) is 0 Å². The van der Waals surface area contributed by atoms with E-state index in [0.29, 0.717) is 0 Å². The summed E-state index contributed by atoms with van der Waals surface area (Å²) >= 11 is 0. The molecule has 1 heterocycles. The maximum Gasteiger partial charge on any atom is 0.125 e. The second-order valence-corrected chi connectivity index (χ2v) is 2.06. The third-order valence-corrected chi connectivity index (χ3v) is 1.26. The zero-order valence-corrected chi connectivity index (χ0v) is 6.05. The summed E-state index contributed by atoms with van der Waals surface area (Å²) in [6.07, 6.45) is 6.84. The molecule has 0 bridgehead atoms. The highest BCUT2D eigenvalue weighted by atomic mass is 14.9. The molecule has 0 amide bonds. The van der Waals surface area contributed by atoms with Crippen molar-refractivity contribution in [3.8, 4) is 12.3 Å². The third-order valence-electron chi connectivity index (χ3n) is 1.26. The van der Waals surface area contributed by atoms with E-state index in [4.69, 9.17) is 6.42 Å². The van der Waals surface area contributed by atoms with Crippen molar-refractivity contribution < 1.29 is 0 Å². The molecular weight excluding hydrogens is 124 g/mol. The average Bonchev–Trinajstić information content (AvgIpc) is 1.88. The van der Waals surface area contributed by atoms with Crippen molar-refractivity contribution in [2.24, 2.45) is 0 Å². The molecule has 0 aliphatic rings. The SMILES string of the molecule is C#Cc1cnc(C)nc1C. The summed E-state index contributed by atoms with van der Waals surface area (Å²) in [5.41, 5.74) is 1.64. The monoisotopic (exact) mass is 132 g/mol. The second-order valence-electron chi connectivity index (χ2n) is 2.06. The first kappa shape index (κ1) is 6.76. The van der Waals surface area contributed by atoms with Crippen LogP contribution in [0.2, 0.25) is 0 Å². The summed E-state index contributed by atoms with van der Waals surface area (Å²) in [5, 5.41) is 0. The Morgan fingerprint density at radius 2 is 2.20 bits per heavy atom. The van der Waals surface area contributed by atoms with Gasteiger partial charge in [0.25, 0.3) is 0 Å². The Morgan fingerprint density at radius 3 is 2.70 bits per heavy atom. The van der Waals surface area contributed by atoms with Gasteiger partial charge in [-0.05, 0) is 13.8 Å². The molecule has 0 radical (unpaired) electrons. The molecule has 0 aliphatic carbocycles. The number of terminal acetylenes is 1. The first-order valence-corrected chi connectivity index (χ1v) is 3.01. The lowest BCUT2D eigenvalue weighted by Gasteiger charge is -1.95. The molecule has 2 nitrogen and oxygen atoms in total. The van der Waals surface area contributed by atoms with Crippen LogP contribution in [0.25, 0.3) is 0 Å².